The summed E-state index contributed by atoms with van der Waals surface area (Å²) in [4.78, 5) is 23.3. The number of rotatable bonds is 5. The van der Waals surface area contributed by atoms with Gasteiger partial charge in [-0.1, -0.05) is 0 Å². The van der Waals surface area contributed by atoms with Gasteiger partial charge in [0.15, 0.2) is 0 Å². The molecule has 6 heteroatoms. The van der Waals surface area contributed by atoms with Crippen molar-refractivity contribution in [2.24, 2.45) is 0 Å². The molecule has 1 saturated carbocycles. The van der Waals surface area contributed by atoms with E-state index < -0.39 is 11.6 Å². The first-order chi connectivity index (χ1) is 10.5. The Bertz CT molecular complexity index is 729. The molecule has 0 atom stereocenters. The molecule has 2 aromatic rings. The van der Waals surface area contributed by atoms with E-state index in [2.05, 4.69) is 5.32 Å². The molecule has 22 heavy (non-hydrogen) atoms. The summed E-state index contributed by atoms with van der Waals surface area (Å²) in [5.74, 6) is -1.39. The molecule has 1 aliphatic rings. The predicted octanol–water partition coefficient (Wildman–Crippen LogP) is 3.03. The average molecular weight is 303 g/mol. The van der Waals surface area contributed by atoms with E-state index in [0.717, 1.165) is 19.3 Å². The molecule has 0 unspecified atom stereocenters. The zero-order chi connectivity index (χ0) is 15.7. The van der Waals surface area contributed by atoms with E-state index in [1.54, 1.807) is 18.2 Å². The number of carboxylic acids is 1. The molecule has 0 bridgehead atoms. The molecule has 3 rings (SSSR count). The van der Waals surface area contributed by atoms with Crippen LogP contribution in [0.15, 0.2) is 28.7 Å². The lowest BCUT2D eigenvalue weighted by Crippen LogP contribution is -2.50. The first-order valence-electron chi connectivity index (χ1n) is 7.26. The van der Waals surface area contributed by atoms with Crippen LogP contribution >= 0.6 is 0 Å². The molecule has 0 saturated heterocycles. The highest BCUT2D eigenvalue weighted by atomic mass is 16.5. The Hall–Kier alpha value is -2.34. The third kappa shape index (κ3) is 2.46. The lowest BCUT2D eigenvalue weighted by molar-refractivity contribution is -0.153. The molecule has 1 amide bonds. The van der Waals surface area contributed by atoms with Crippen molar-refractivity contribution in [1.29, 1.82) is 0 Å². The highest BCUT2D eigenvalue weighted by Crippen LogP contribution is 2.37. The minimum atomic E-state index is -1.12. The van der Waals surface area contributed by atoms with Crippen LogP contribution in [0.5, 0.6) is 0 Å². The molecule has 0 aliphatic heterocycles. The van der Waals surface area contributed by atoms with E-state index in [9.17, 15) is 9.59 Å². The lowest BCUT2D eigenvalue weighted by atomic mass is 9.79. The van der Waals surface area contributed by atoms with Crippen LogP contribution in [0.1, 0.15) is 36.7 Å². The summed E-state index contributed by atoms with van der Waals surface area (Å²) in [5, 5.41) is 12.4. The van der Waals surface area contributed by atoms with Crippen LogP contribution in [0, 0.1) is 0 Å². The number of amides is 1. The normalized spacial score (nSPS) is 16.2. The van der Waals surface area contributed by atoms with E-state index in [-0.39, 0.29) is 11.7 Å². The summed E-state index contributed by atoms with van der Waals surface area (Å²) >= 11 is 0. The fraction of sp³-hybridized carbons (Fsp3) is 0.375. The number of hydrogen-bond donors (Lipinski definition) is 2. The number of carbonyl (C=O) groups excluding carboxylic acids is 1. The SMILES string of the molecule is CCOC1(C(=O)Nc2ccc3oc(C(=O)O)cc3c2)CCC1. The lowest BCUT2D eigenvalue weighted by Gasteiger charge is -2.39. The second kappa shape index (κ2) is 5.46. The van der Waals surface area contributed by atoms with Crippen LogP contribution in [-0.2, 0) is 9.53 Å². The van der Waals surface area contributed by atoms with Crippen LogP contribution in [-0.4, -0.2) is 29.2 Å². The molecule has 1 aliphatic carbocycles. The van der Waals surface area contributed by atoms with Gasteiger partial charge in [0.25, 0.3) is 5.91 Å². The topological polar surface area (TPSA) is 88.8 Å². The number of nitrogens with one attached hydrogen (secondary N) is 1. The van der Waals surface area contributed by atoms with Crippen LogP contribution in [0.2, 0.25) is 0 Å². The van der Waals surface area contributed by atoms with Gasteiger partial charge in [0.2, 0.25) is 5.76 Å². The number of hydrogen-bond acceptors (Lipinski definition) is 4. The van der Waals surface area contributed by atoms with Crippen molar-refractivity contribution >= 4 is 28.5 Å². The maximum Gasteiger partial charge on any atom is 0.371 e. The number of furan rings is 1. The van der Waals surface area contributed by atoms with Gasteiger partial charge in [-0.2, -0.15) is 0 Å². The van der Waals surface area contributed by atoms with Crippen molar-refractivity contribution in [3.05, 3.63) is 30.0 Å². The average Bonchev–Trinajstić information content (AvgIpc) is 2.86. The maximum absolute atomic E-state index is 12.4. The number of aromatic carboxylic acids is 1. The van der Waals surface area contributed by atoms with E-state index in [4.69, 9.17) is 14.3 Å². The molecular weight excluding hydrogens is 286 g/mol. The number of anilines is 1. The molecule has 1 heterocycles. The largest absolute Gasteiger partial charge is 0.475 e. The predicted molar refractivity (Wildman–Crippen MR) is 80.0 cm³/mol. The summed E-state index contributed by atoms with van der Waals surface area (Å²) < 4.78 is 10.8. The minimum Gasteiger partial charge on any atom is -0.475 e. The zero-order valence-corrected chi connectivity index (χ0v) is 12.2. The van der Waals surface area contributed by atoms with Gasteiger partial charge in [0.05, 0.1) is 0 Å². The summed E-state index contributed by atoms with van der Waals surface area (Å²) in [5.41, 5.74) is 0.353. The Labute approximate surface area is 127 Å². The fourth-order valence-corrected chi connectivity index (χ4v) is 2.68. The molecule has 1 aromatic carbocycles. The van der Waals surface area contributed by atoms with Gasteiger partial charge in [-0.3, -0.25) is 4.79 Å². The second-order valence-corrected chi connectivity index (χ2v) is 5.40. The Balaban J connectivity index is 1.81. The molecule has 1 aromatic heterocycles. The Morgan fingerprint density at radius 1 is 1.36 bits per heavy atom. The molecule has 1 fully saturated rings. The van der Waals surface area contributed by atoms with Crippen molar-refractivity contribution in [3.8, 4) is 0 Å². The van der Waals surface area contributed by atoms with E-state index in [0.29, 0.717) is 23.3 Å². The van der Waals surface area contributed by atoms with Crippen molar-refractivity contribution in [2.45, 2.75) is 31.8 Å². The zero-order valence-electron chi connectivity index (χ0n) is 12.2. The summed E-state index contributed by atoms with van der Waals surface area (Å²) in [7, 11) is 0. The summed E-state index contributed by atoms with van der Waals surface area (Å²) in [6.45, 7) is 2.37. The number of ether oxygens (including phenoxy) is 1. The van der Waals surface area contributed by atoms with E-state index in [1.807, 2.05) is 6.92 Å². The summed E-state index contributed by atoms with van der Waals surface area (Å²) in [6, 6.07) is 6.47. The number of fused-ring (bicyclic) bond motifs is 1. The van der Waals surface area contributed by atoms with Gasteiger partial charge in [-0.25, -0.2) is 4.79 Å². The van der Waals surface area contributed by atoms with E-state index >= 15 is 0 Å². The van der Waals surface area contributed by atoms with Gasteiger partial charge in [-0.05, 0) is 50.5 Å². The van der Waals surface area contributed by atoms with Crippen molar-refractivity contribution < 1.29 is 23.8 Å². The molecule has 2 N–H and O–H groups in total. The first-order valence-corrected chi connectivity index (χ1v) is 7.26. The van der Waals surface area contributed by atoms with E-state index in [1.165, 1.54) is 6.07 Å². The van der Waals surface area contributed by atoms with Gasteiger partial charge >= 0.3 is 5.97 Å². The van der Waals surface area contributed by atoms with Crippen LogP contribution in [0.3, 0.4) is 0 Å². The Kier molecular flexibility index (Phi) is 3.62. The molecule has 6 nitrogen and oxygen atoms in total. The second-order valence-electron chi connectivity index (χ2n) is 5.40. The number of benzene rings is 1. The van der Waals surface area contributed by atoms with Crippen molar-refractivity contribution in [1.82, 2.24) is 0 Å². The first kappa shape index (κ1) is 14.6. The van der Waals surface area contributed by atoms with Crippen molar-refractivity contribution in [3.63, 3.8) is 0 Å². The fourth-order valence-electron chi connectivity index (χ4n) is 2.68. The quantitative estimate of drug-likeness (QED) is 0.886. The number of carbonyl (C=O) groups is 2. The maximum atomic E-state index is 12.4. The highest BCUT2D eigenvalue weighted by Gasteiger charge is 2.45. The Morgan fingerprint density at radius 3 is 2.73 bits per heavy atom. The van der Waals surface area contributed by atoms with Crippen LogP contribution in [0.4, 0.5) is 5.69 Å². The van der Waals surface area contributed by atoms with Crippen LogP contribution in [0.25, 0.3) is 11.0 Å². The molecule has 116 valence electrons. The van der Waals surface area contributed by atoms with Gasteiger partial charge < -0.3 is 19.6 Å². The standard InChI is InChI=1S/C16H17NO5/c1-2-21-16(6-3-7-16)15(20)17-11-4-5-12-10(8-11)9-13(22-12)14(18)19/h4-5,8-9H,2-3,6-7H2,1H3,(H,17,20)(H,18,19). The van der Waals surface area contributed by atoms with Crippen molar-refractivity contribution in [2.75, 3.05) is 11.9 Å². The molecule has 0 spiro atoms. The van der Waals surface area contributed by atoms with Gasteiger partial charge in [-0.15, -0.1) is 0 Å². The highest BCUT2D eigenvalue weighted by molar-refractivity contribution is 6.00. The minimum absolute atomic E-state index is 0.122. The molecular formula is C16H17NO5. The molecule has 0 radical (unpaired) electrons. The third-order valence-electron chi connectivity index (χ3n) is 3.98. The number of carboxylic acid groups (broad SMARTS) is 1. The Morgan fingerprint density at radius 2 is 2.14 bits per heavy atom. The van der Waals surface area contributed by atoms with Crippen LogP contribution < -0.4 is 5.32 Å². The van der Waals surface area contributed by atoms with Gasteiger partial charge in [0, 0.05) is 17.7 Å². The summed E-state index contributed by atoms with van der Waals surface area (Å²) in [6.07, 6.45) is 2.43. The monoisotopic (exact) mass is 303 g/mol. The third-order valence-corrected chi connectivity index (χ3v) is 3.98. The smallest absolute Gasteiger partial charge is 0.371 e. The van der Waals surface area contributed by atoms with Gasteiger partial charge in [0.1, 0.15) is 11.2 Å².